The fourth-order valence-corrected chi connectivity index (χ4v) is 4.54. The Labute approximate surface area is 177 Å². The largest absolute Gasteiger partial charge is 0.504 e. The molecule has 0 saturated heterocycles. The number of nitrogens with zero attached hydrogens (tertiary/aromatic N) is 4. The van der Waals surface area contributed by atoms with E-state index in [-0.39, 0.29) is 33.2 Å². The average molecular weight is 460 g/mol. The van der Waals surface area contributed by atoms with Crippen LogP contribution >= 0.6 is 0 Å². The van der Waals surface area contributed by atoms with Crippen LogP contribution in [0.2, 0.25) is 0 Å². The summed E-state index contributed by atoms with van der Waals surface area (Å²) >= 11 is 0. The number of hydrogen-bond donors (Lipinski definition) is 1. The van der Waals surface area contributed by atoms with Gasteiger partial charge >= 0.3 is 0 Å². The fraction of sp³-hybridized carbons (Fsp3) is 0.105. The Hall–Kier alpha value is -2.94. The topological polar surface area (TPSA) is 106 Å². The molecule has 0 bridgehead atoms. The first kappa shape index (κ1) is 20.8. The molecule has 29 heavy (non-hydrogen) atoms. The molecular formula is C19H16CuN4O4S. The van der Waals surface area contributed by atoms with Gasteiger partial charge in [0.25, 0.3) is 5.56 Å². The molecule has 3 aromatic rings. The summed E-state index contributed by atoms with van der Waals surface area (Å²) in [7, 11) is -2.30. The van der Waals surface area contributed by atoms with Crippen molar-refractivity contribution in [2.45, 2.75) is 11.8 Å². The van der Waals surface area contributed by atoms with Gasteiger partial charge in [-0.1, -0.05) is 30.3 Å². The third kappa shape index (κ3) is 3.15. The molecule has 0 amide bonds. The number of sulfone groups is 1. The standard InChI is InChI=1S/C19H16N4O4S.Cu/c1-12-16(19(25)23(22(12)2)13-8-4-3-5-9-13)20-21-18-17(24)14-10-6-7-11-15(14)28(18,26)27;/h3-11,24H,1-2H3;. The Balaban J connectivity index is 0.00000240. The maximum absolute atomic E-state index is 12.8. The van der Waals surface area contributed by atoms with Gasteiger partial charge in [-0.25, -0.2) is 13.1 Å². The second-order valence-corrected chi connectivity index (χ2v) is 8.10. The zero-order chi connectivity index (χ0) is 20.1. The van der Waals surface area contributed by atoms with E-state index >= 15 is 0 Å². The number of benzene rings is 2. The van der Waals surface area contributed by atoms with Gasteiger partial charge in [-0.05, 0) is 31.2 Å². The molecule has 0 atom stereocenters. The number of fused-ring (bicyclic) bond motifs is 1. The predicted octanol–water partition coefficient (Wildman–Crippen LogP) is 3.24. The zero-order valence-corrected chi connectivity index (χ0v) is 17.1. The first-order valence-corrected chi connectivity index (χ1v) is 9.86. The molecule has 0 saturated carbocycles. The van der Waals surface area contributed by atoms with Gasteiger partial charge in [-0.15, -0.1) is 10.2 Å². The van der Waals surface area contributed by atoms with Crippen LogP contribution in [0.25, 0.3) is 11.4 Å². The summed E-state index contributed by atoms with van der Waals surface area (Å²) in [5.41, 5.74) is 0.872. The van der Waals surface area contributed by atoms with Crippen molar-refractivity contribution in [3.05, 3.63) is 81.2 Å². The van der Waals surface area contributed by atoms with E-state index < -0.39 is 26.2 Å². The number of rotatable bonds is 3. The Morgan fingerprint density at radius 3 is 2.24 bits per heavy atom. The Morgan fingerprint density at radius 2 is 1.59 bits per heavy atom. The monoisotopic (exact) mass is 459 g/mol. The van der Waals surface area contributed by atoms with Gasteiger partial charge in [0.1, 0.15) is 0 Å². The molecule has 1 radical (unpaired) electrons. The Kier molecular flexibility index (Phi) is 5.36. The second kappa shape index (κ2) is 7.47. The van der Waals surface area contributed by atoms with Crippen LogP contribution in [0.4, 0.5) is 5.69 Å². The van der Waals surface area contributed by atoms with E-state index in [0.29, 0.717) is 11.4 Å². The van der Waals surface area contributed by atoms with Gasteiger partial charge in [0.2, 0.25) is 14.9 Å². The average Bonchev–Trinajstić information content (AvgIpc) is 3.02. The Morgan fingerprint density at radius 1 is 0.966 bits per heavy atom. The number of hydrogen-bond acceptors (Lipinski definition) is 6. The first-order chi connectivity index (χ1) is 13.3. The van der Waals surface area contributed by atoms with Gasteiger partial charge in [0.15, 0.2) is 11.4 Å². The molecule has 8 nitrogen and oxygen atoms in total. The van der Waals surface area contributed by atoms with Gasteiger partial charge in [0.05, 0.1) is 16.3 Å². The maximum Gasteiger partial charge on any atom is 0.299 e. The Bertz CT molecular complexity index is 1320. The number of aliphatic hydroxyl groups excluding tert-OH is 1. The van der Waals surface area contributed by atoms with Crippen LogP contribution in [0.1, 0.15) is 11.3 Å². The predicted molar refractivity (Wildman–Crippen MR) is 103 cm³/mol. The normalized spacial score (nSPS) is 14.8. The third-order valence-electron chi connectivity index (χ3n) is 4.65. The van der Waals surface area contributed by atoms with Crippen LogP contribution in [0, 0.1) is 6.92 Å². The molecule has 0 unspecified atom stereocenters. The van der Waals surface area contributed by atoms with Crippen molar-refractivity contribution in [1.82, 2.24) is 9.36 Å². The van der Waals surface area contributed by atoms with Crippen LogP contribution in [0.5, 0.6) is 0 Å². The molecule has 2 heterocycles. The van der Waals surface area contributed by atoms with Crippen LogP contribution in [-0.2, 0) is 34.0 Å². The molecule has 1 aliphatic heterocycles. The quantitative estimate of drug-likeness (QED) is 0.479. The smallest absolute Gasteiger partial charge is 0.299 e. The summed E-state index contributed by atoms with van der Waals surface area (Å²) in [5.74, 6) is -0.476. The van der Waals surface area contributed by atoms with Gasteiger partial charge in [-0.2, -0.15) is 0 Å². The van der Waals surface area contributed by atoms with Crippen molar-refractivity contribution in [2.75, 3.05) is 0 Å². The van der Waals surface area contributed by atoms with E-state index in [0.717, 1.165) is 0 Å². The molecular weight excluding hydrogens is 444 g/mol. The summed E-state index contributed by atoms with van der Waals surface area (Å²) in [4.78, 5) is 12.8. The minimum absolute atomic E-state index is 0. The summed E-state index contributed by atoms with van der Waals surface area (Å²) in [6.07, 6.45) is 0. The number of aromatic nitrogens is 2. The van der Waals surface area contributed by atoms with Crippen LogP contribution in [-0.4, -0.2) is 22.9 Å². The van der Waals surface area contributed by atoms with Gasteiger partial charge < -0.3 is 5.11 Å². The van der Waals surface area contributed by atoms with Crippen LogP contribution in [0.15, 0.2) is 79.5 Å². The molecule has 4 rings (SSSR count). The molecule has 1 aliphatic rings. The van der Waals surface area contributed by atoms with Crippen molar-refractivity contribution < 1.29 is 30.6 Å². The minimum atomic E-state index is -3.99. The molecule has 0 aliphatic carbocycles. The van der Waals surface area contributed by atoms with Crippen molar-refractivity contribution in [3.63, 3.8) is 0 Å². The maximum atomic E-state index is 12.8. The van der Waals surface area contributed by atoms with Crippen LogP contribution in [0.3, 0.4) is 0 Å². The molecule has 1 aromatic heterocycles. The molecule has 2 aromatic carbocycles. The van der Waals surface area contributed by atoms with E-state index in [1.165, 1.54) is 16.8 Å². The molecule has 0 fully saturated rings. The van der Waals surface area contributed by atoms with E-state index in [1.807, 2.05) is 6.07 Å². The van der Waals surface area contributed by atoms with Gasteiger partial charge in [-0.3, -0.25) is 9.48 Å². The van der Waals surface area contributed by atoms with Crippen molar-refractivity contribution >= 4 is 21.3 Å². The van der Waals surface area contributed by atoms with Gasteiger partial charge in [0, 0.05) is 29.7 Å². The van der Waals surface area contributed by atoms with Crippen molar-refractivity contribution in [1.29, 1.82) is 0 Å². The SMILES string of the molecule is Cc1c(N=NC2=C(O)c3ccccc3S2(=O)=O)c(=O)n(-c2ccccc2)n1C.[Cu]. The number of azo groups is 1. The van der Waals surface area contributed by atoms with Crippen molar-refractivity contribution in [2.24, 2.45) is 17.3 Å². The van der Waals surface area contributed by atoms with E-state index in [2.05, 4.69) is 10.2 Å². The van der Waals surface area contributed by atoms with Crippen molar-refractivity contribution in [3.8, 4) is 5.69 Å². The molecule has 153 valence electrons. The summed E-state index contributed by atoms with van der Waals surface area (Å²) in [6, 6.07) is 15.0. The molecule has 10 heteroatoms. The van der Waals surface area contributed by atoms with Crippen LogP contribution < -0.4 is 5.56 Å². The van der Waals surface area contributed by atoms with E-state index in [9.17, 15) is 18.3 Å². The molecule has 1 N–H and O–H groups in total. The summed E-state index contributed by atoms with van der Waals surface area (Å²) in [6.45, 7) is 1.68. The first-order valence-electron chi connectivity index (χ1n) is 8.37. The summed E-state index contributed by atoms with van der Waals surface area (Å²) < 4.78 is 28.3. The third-order valence-corrected chi connectivity index (χ3v) is 6.37. The van der Waals surface area contributed by atoms with E-state index in [4.69, 9.17) is 0 Å². The summed E-state index contributed by atoms with van der Waals surface area (Å²) in [5, 5.41) is 17.4. The zero-order valence-electron chi connectivity index (χ0n) is 15.4. The second-order valence-electron chi connectivity index (χ2n) is 6.26. The van der Waals surface area contributed by atoms with E-state index in [1.54, 1.807) is 55.1 Å². The number of para-hydroxylation sites is 1. The number of aliphatic hydroxyl groups is 1. The molecule has 0 spiro atoms. The fourth-order valence-electron chi connectivity index (χ4n) is 3.11. The minimum Gasteiger partial charge on any atom is -0.504 e.